The Kier molecular flexibility index (Phi) is 3.65. The van der Waals surface area contributed by atoms with Crippen LogP contribution in [0.4, 0.5) is 0 Å². The fourth-order valence-corrected chi connectivity index (χ4v) is 3.06. The first-order chi connectivity index (χ1) is 10.2. The highest BCUT2D eigenvalue weighted by atomic mass is 16.5. The normalized spacial score (nSPS) is 17.2. The lowest BCUT2D eigenvalue weighted by molar-refractivity contribution is -0.130. The van der Waals surface area contributed by atoms with Crippen molar-refractivity contribution in [1.29, 1.82) is 0 Å². The number of hydrogen-bond donors (Lipinski definition) is 0. The van der Waals surface area contributed by atoms with Gasteiger partial charge < -0.3 is 9.64 Å². The van der Waals surface area contributed by atoms with Gasteiger partial charge >= 0.3 is 0 Å². The van der Waals surface area contributed by atoms with Gasteiger partial charge in [0.25, 0.3) is 0 Å². The van der Waals surface area contributed by atoms with E-state index in [0.717, 1.165) is 24.3 Å². The second kappa shape index (κ2) is 5.60. The van der Waals surface area contributed by atoms with Crippen LogP contribution < -0.4 is 4.74 Å². The maximum atomic E-state index is 12.0. The average Bonchev–Trinajstić information content (AvgIpc) is 2.53. The summed E-state index contributed by atoms with van der Waals surface area (Å²) >= 11 is 0. The second-order valence-electron chi connectivity index (χ2n) is 5.34. The number of amides is 1. The fraction of sp³-hybridized carbons (Fsp3) is 0.278. The first kappa shape index (κ1) is 13.7. The van der Waals surface area contributed by atoms with Crippen molar-refractivity contribution in [3.05, 3.63) is 65.2 Å². The van der Waals surface area contributed by atoms with Crippen LogP contribution >= 0.6 is 0 Å². The van der Waals surface area contributed by atoms with Gasteiger partial charge in [-0.15, -0.1) is 0 Å². The van der Waals surface area contributed by atoms with Crippen LogP contribution in [0.3, 0.4) is 0 Å². The summed E-state index contributed by atoms with van der Waals surface area (Å²) in [5.74, 6) is 0.988. The van der Waals surface area contributed by atoms with Gasteiger partial charge in [-0.3, -0.25) is 4.79 Å². The molecule has 3 rings (SSSR count). The van der Waals surface area contributed by atoms with Crippen molar-refractivity contribution < 1.29 is 9.53 Å². The number of benzene rings is 2. The molecule has 0 aliphatic carbocycles. The number of fused-ring (bicyclic) bond motifs is 1. The lowest BCUT2D eigenvalue weighted by Gasteiger charge is -2.37. The Hall–Kier alpha value is -2.29. The number of rotatable bonds is 2. The van der Waals surface area contributed by atoms with E-state index in [1.54, 1.807) is 14.0 Å². The molecule has 3 nitrogen and oxygen atoms in total. The first-order valence-electron chi connectivity index (χ1n) is 7.19. The molecule has 0 fully saturated rings. The van der Waals surface area contributed by atoms with Crippen molar-refractivity contribution in [1.82, 2.24) is 4.90 Å². The summed E-state index contributed by atoms with van der Waals surface area (Å²) in [6.07, 6.45) is 0.870. The standard InChI is InChI=1S/C18H19NO2/c1-13(20)19-11-10-15-12-16(21-2)8-9-17(15)18(19)14-6-4-3-5-7-14/h3-9,12,18H,10-11H2,1-2H3. The van der Waals surface area contributed by atoms with E-state index in [9.17, 15) is 4.79 Å². The molecule has 2 aromatic carbocycles. The molecule has 1 aliphatic rings. The van der Waals surface area contributed by atoms with Crippen LogP contribution in [0.15, 0.2) is 48.5 Å². The van der Waals surface area contributed by atoms with Gasteiger partial charge in [0.2, 0.25) is 5.91 Å². The molecule has 1 unspecified atom stereocenters. The van der Waals surface area contributed by atoms with E-state index in [1.807, 2.05) is 29.2 Å². The smallest absolute Gasteiger partial charge is 0.220 e. The quantitative estimate of drug-likeness (QED) is 0.846. The first-order valence-corrected chi connectivity index (χ1v) is 7.19. The molecule has 0 N–H and O–H groups in total. The molecule has 0 spiro atoms. The highest BCUT2D eigenvalue weighted by molar-refractivity contribution is 5.75. The van der Waals surface area contributed by atoms with E-state index in [-0.39, 0.29) is 11.9 Å². The molecule has 0 aromatic heterocycles. The second-order valence-corrected chi connectivity index (χ2v) is 5.34. The Bertz CT molecular complexity index is 652. The van der Waals surface area contributed by atoms with Crippen molar-refractivity contribution in [3.63, 3.8) is 0 Å². The summed E-state index contributed by atoms with van der Waals surface area (Å²) in [7, 11) is 1.68. The zero-order chi connectivity index (χ0) is 14.8. The Morgan fingerprint density at radius 1 is 1.19 bits per heavy atom. The van der Waals surface area contributed by atoms with Crippen LogP contribution in [-0.2, 0) is 11.2 Å². The van der Waals surface area contributed by atoms with E-state index >= 15 is 0 Å². The zero-order valence-corrected chi connectivity index (χ0v) is 12.4. The summed E-state index contributed by atoms with van der Waals surface area (Å²) in [5, 5.41) is 0. The largest absolute Gasteiger partial charge is 0.497 e. The summed E-state index contributed by atoms with van der Waals surface area (Å²) in [6, 6.07) is 16.3. The average molecular weight is 281 g/mol. The lowest BCUT2D eigenvalue weighted by atomic mass is 9.88. The van der Waals surface area contributed by atoms with Crippen molar-refractivity contribution in [2.24, 2.45) is 0 Å². The van der Waals surface area contributed by atoms with Crippen LogP contribution in [0.25, 0.3) is 0 Å². The van der Waals surface area contributed by atoms with Crippen molar-refractivity contribution in [3.8, 4) is 5.75 Å². The van der Waals surface area contributed by atoms with E-state index in [0.29, 0.717) is 0 Å². The summed E-state index contributed by atoms with van der Waals surface area (Å²) in [6.45, 7) is 2.39. The molecule has 0 saturated carbocycles. The van der Waals surface area contributed by atoms with Gasteiger partial charge in [-0.25, -0.2) is 0 Å². The predicted octanol–water partition coefficient (Wildman–Crippen LogP) is 3.19. The molecule has 0 saturated heterocycles. The van der Waals surface area contributed by atoms with Crippen LogP contribution in [0.2, 0.25) is 0 Å². The van der Waals surface area contributed by atoms with Gasteiger partial charge in [0.15, 0.2) is 0 Å². The van der Waals surface area contributed by atoms with Crippen LogP contribution in [-0.4, -0.2) is 24.5 Å². The molecule has 1 heterocycles. The maximum Gasteiger partial charge on any atom is 0.220 e. The topological polar surface area (TPSA) is 29.5 Å². The molecular formula is C18H19NO2. The highest BCUT2D eigenvalue weighted by Crippen LogP contribution is 2.36. The molecule has 0 bridgehead atoms. The number of carbonyl (C=O) groups excluding carboxylic acids is 1. The maximum absolute atomic E-state index is 12.0. The number of carbonyl (C=O) groups is 1. The number of hydrogen-bond acceptors (Lipinski definition) is 2. The Labute approximate surface area is 125 Å². The number of ether oxygens (including phenoxy) is 1. The SMILES string of the molecule is COc1ccc2c(c1)CCN(C(C)=O)C2c1ccccc1. The third-order valence-corrected chi connectivity index (χ3v) is 4.10. The molecule has 21 heavy (non-hydrogen) atoms. The van der Waals surface area contributed by atoms with E-state index < -0.39 is 0 Å². The molecular weight excluding hydrogens is 262 g/mol. The highest BCUT2D eigenvalue weighted by Gasteiger charge is 2.30. The summed E-state index contributed by atoms with van der Waals surface area (Å²) < 4.78 is 5.31. The summed E-state index contributed by atoms with van der Waals surface area (Å²) in [5.41, 5.74) is 3.61. The van der Waals surface area contributed by atoms with Gasteiger partial charge in [-0.2, -0.15) is 0 Å². The monoisotopic (exact) mass is 281 g/mol. The van der Waals surface area contributed by atoms with Gasteiger partial charge in [0, 0.05) is 13.5 Å². The Morgan fingerprint density at radius 3 is 2.62 bits per heavy atom. The Morgan fingerprint density at radius 2 is 1.95 bits per heavy atom. The number of methoxy groups -OCH3 is 1. The molecule has 0 radical (unpaired) electrons. The molecule has 1 atom stereocenters. The van der Waals surface area contributed by atoms with Gasteiger partial charge in [0.05, 0.1) is 13.2 Å². The van der Waals surface area contributed by atoms with Gasteiger partial charge in [-0.1, -0.05) is 36.4 Å². The van der Waals surface area contributed by atoms with Gasteiger partial charge in [0.1, 0.15) is 5.75 Å². The Balaban J connectivity index is 2.11. The van der Waals surface area contributed by atoms with E-state index in [4.69, 9.17) is 4.74 Å². The van der Waals surface area contributed by atoms with Crippen LogP contribution in [0.5, 0.6) is 5.75 Å². The molecule has 3 heteroatoms. The summed E-state index contributed by atoms with van der Waals surface area (Å²) in [4.78, 5) is 14.0. The minimum absolute atomic E-state index is 0.00152. The van der Waals surface area contributed by atoms with Crippen LogP contribution in [0.1, 0.15) is 29.7 Å². The van der Waals surface area contributed by atoms with Crippen molar-refractivity contribution in [2.45, 2.75) is 19.4 Å². The van der Waals surface area contributed by atoms with E-state index in [1.165, 1.54) is 11.1 Å². The van der Waals surface area contributed by atoms with Gasteiger partial charge in [-0.05, 0) is 35.2 Å². The minimum atomic E-state index is -0.00152. The van der Waals surface area contributed by atoms with Crippen molar-refractivity contribution in [2.75, 3.05) is 13.7 Å². The molecule has 1 amide bonds. The van der Waals surface area contributed by atoms with Crippen molar-refractivity contribution >= 4 is 5.91 Å². The predicted molar refractivity (Wildman–Crippen MR) is 82.4 cm³/mol. The fourth-order valence-electron chi connectivity index (χ4n) is 3.06. The third-order valence-electron chi connectivity index (χ3n) is 4.10. The third kappa shape index (κ3) is 2.51. The van der Waals surface area contributed by atoms with E-state index in [2.05, 4.69) is 24.3 Å². The molecule has 1 aliphatic heterocycles. The number of nitrogens with zero attached hydrogens (tertiary/aromatic N) is 1. The minimum Gasteiger partial charge on any atom is -0.497 e. The van der Waals surface area contributed by atoms with Crippen LogP contribution in [0, 0.1) is 0 Å². The lowest BCUT2D eigenvalue weighted by Crippen LogP contribution is -2.39. The molecule has 108 valence electrons. The zero-order valence-electron chi connectivity index (χ0n) is 12.4. The molecule has 2 aromatic rings.